The minimum Gasteiger partial charge on any atom is -0.330 e. The molecule has 0 rings (SSSR count). The van der Waals surface area contributed by atoms with Crippen molar-refractivity contribution < 1.29 is 1.43 Å². The van der Waals surface area contributed by atoms with Crippen molar-refractivity contribution in [1.29, 1.82) is 0 Å². The summed E-state index contributed by atoms with van der Waals surface area (Å²) in [4.78, 5) is 0. The van der Waals surface area contributed by atoms with Gasteiger partial charge < -0.3 is 5.73 Å². The van der Waals surface area contributed by atoms with Crippen LogP contribution in [-0.2, 0) is 0 Å². The molecule has 0 aliphatic heterocycles. The fourth-order valence-corrected chi connectivity index (χ4v) is 0.622. The van der Waals surface area contributed by atoms with E-state index in [1.807, 2.05) is 13.8 Å². The molecule has 0 saturated heterocycles. The maximum Gasteiger partial charge on any atom is 0 e. The Kier molecular flexibility index (Phi) is 14.1. The second kappa shape index (κ2) is 10.9. The highest BCUT2D eigenvalue weighted by Crippen LogP contribution is 2.02. The second-order valence-electron chi connectivity index (χ2n) is 1.92. The molecule has 0 aromatic heterocycles. The molecule has 0 aliphatic rings. The quantitative estimate of drug-likeness (QED) is 0.629. The molecule has 0 saturated carbocycles. The Morgan fingerprint density at radius 1 is 1.22 bits per heavy atom. The van der Waals surface area contributed by atoms with Gasteiger partial charge in [0.2, 0.25) is 0 Å². The van der Waals surface area contributed by atoms with E-state index >= 15 is 0 Å². The normalized spacial score (nSPS) is 8.67. The molecular formula is C8H23N. The van der Waals surface area contributed by atoms with Crippen molar-refractivity contribution in [2.24, 2.45) is 11.7 Å². The lowest BCUT2D eigenvalue weighted by Gasteiger charge is -2.05. The summed E-state index contributed by atoms with van der Waals surface area (Å²) < 4.78 is 0. The number of rotatable bonds is 3. The maximum atomic E-state index is 5.39. The molecule has 0 unspecified atom stereocenters. The molecule has 0 fully saturated rings. The molecule has 2 N–H and O–H groups in total. The summed E-state index contributed by atoms with van der Waals surface area (Å²) in [5.74, 6) is 0.764. The van der Waals surface area contributed by atoms with Crippen molar-refractivity contribution in [2.45, 2.75) is 40.5 Å². The van der Waals surface area contributed by atoms with E-state index in [9.17, 15) is 0 Å². The summed E-state index contributed by atoms with van der Waals surface area (Å²) in [6, 6.07) is 0. The molecule has 0 radical (unpaired) electrons. The third-order valence-electron chi connectivity index (χ3n) is 1.49. The molecule has 0 aromatic rings. The summed E-state index contributed by atoms with van der Waals surface area (Å²) in [5, 5.41) is 0. The molecule has 0 bridgehead atoms. The standard InChI is InChI=1S/C6H15N.C2H6.H2/c1-3-6(4-2)5-7;1-2;/h6H,3-5,7H2,1-2H3;1-2H3;1H. The highest BCUT2D eigenvalue weighted by atomic mass is 14.5. The lowest BCUT2D eigenvalue weighted by molar-refractivity contribution is 0.505. The monoisotopic (exact) mass is 133 g/mol. The summed E-state index contributed by atoms with van der Waals surface area (Å²) in [5.41, 5.74) is 5.39. The molecule has 0 aliphatic carbocycles. The van der Waals surface area contributed by atoms with Crippen molar-refractivity contribution in [3.8, 4) is 0 Å². The smallest absolute Gasteiger partial charge is 0 e. The lowest BCUT2D eigenvalue weighted by atomic mass is 10.0. The van der Waals surface area contributed by atoms with Gasteiger partial charge in [-0.15, -0.1) is 0 Å². The molecule has 0 atom stereocenters. The van der Waals surface area contributed by atoms with Crippen LogP contribution in [0.4, 0.5) is 0 Å². The summed E-state index contributed by atoms with van der Waals surface area (Å²) in [6.45, 7) is 9.22. The zero-order valence-electron chi connectivity index (χ0n) is 7.28. The maximum absolute atomic E-state index is 5.39. The van der Waals surface area contributed by atoms with Crippen LogP contribution in [0.3, 0.4) is 0 Å². The van der Waals surface area contributed by atoms with E-state index in [0.29, 0.717) is 0 Å². The van der Waals surface area contributed by atoms with Crippen LogP contribution in [0.25, 0.3) is 0 Å². The Balaban J connectivity index is -0.000000149. The van der Waals surface area contributed by atoms with Crippen LogP contribution in [0.2, 0.25) is 0 Å². The molecule has 1 heteroatoms. The van der Waals surface area contributed by atoms with Gasteiger partial charge in [-0.2, -0.15) is 0 Å². The average molecular weight is 133 g/mol. The van der Waals surface area contributed by atoms with Crippen molar-refractivity contribution in [2.75, 3.05) is 6.54 Å². The van der Waals surface area contributed by atoms with Gasteiger partial charge in [0.1, 0.15) is 0 Å². The van der Waals surface area contributed by atoms with E-state index < -0.39 is 0 Å². The van der Waals surface area contributed by atoms with Gasteiger partial charge >= 0.3 is 0 Å². The Morgan fingerprint density at radius 2 is 1.56 bits per heavy atom. The van der Waals surface area contributed by atoms with E-state index in [1.54, 1.807) is 0 Å². The van der Waals surface area contributed by atoms with Crippen LogP contribution in [0.1, 0.15) is 42.0 Å². The van der Waals surface area contributed by atoms with E-state index in [1.165, 1.54) is 12.8 Å². The zero-order valence-corrected chi connectivity index (χ0v) is 7.28. The van der Waals surface area contributed by atoms with Crippen LogP contribution in [-0.4, -0.2) is 6.54 Å². The first-order valence-electron chi connectivity index (χ1n) is 4.05. The van der Waals surface area contributed by atoms with Crippen molar-refractivity contribution in [1.82, 2.24) is 0 Å². The van der Waals surface area contributed by atoms with E-state index in [0.717, 1.165) is 12.5 Å². The Labute approximate surface area is 61.1 Å². The summed E-state index contributed by atoms with van der Waals surface area (Å²) >= 11 is 0. The topological polar surface area (TPSA) is 26.0 Å². The molecule has 0 amide bonds. The first-order valence-corrected chi connectivity index (χ1v) is 4.05. The zero-order chi connectivity index (χ0) is 7.70. The van der Waals surface area contributed by atoms with Gasteiger partial charge in [-0.3, -0.25) is 0 Å². The molecule has 0 spiro atoms. The minimum absolute atomic E-state index is 0. The van der Waals surface area contributed by atoms with Gasteiger partial charge in [0.25, 0.3) is 0 Å². The van der Waals surface area contributed by atoms with Crippen LogP contribution in [0.15, 0.2) is 0 Å². The molecule has 60 valence electrons. The van der Waals surface area contributed by atoms with Crippen molar-refractivity contribution in [3.05, 3.63) is 0 Å². The van der Waals surface area contributed by atoms with Gasteiger partial charge in [0.05, 0.1) is 0 Å². The van der Waals surface area contributed by atoms with E-state index in [2.05, 4.69) is 13.8 Å². The number of hydrogen-bond acceptors (Lipinski definition) is 1. The Morgan fingerprint density at radius 3 is 1.56 bits per heavy atom. The van der Waals surface area contributed by atoms with Crippen LogP contribution >= 0.6 is 0 Å². The number of nitrogens with two attached hydrogens (primary N) is 1. The Hall–Kier alpha value is -0.0400. The highest BCUT2D eigenvalue weighted by molar-refractivity contribution is 4.52. The van der Waals surface area contributed by atoms with Crippen LogP contribution in [0.5, 0.6) is 0 Å². The average Bonchev–Trinajstić information content (AvgIpc) is 1.96. The van der Waals surface area contributed by atoms with Gasteiger partial charge in [-0.1, -0.05) is 40.5 Å². The van der Waals surface area contributed by atoms with Gasteiger partial charge in [0, 0.05) is 1.43 Å². The second-order valence-corrected chi connectivity index (χ2v) is 1.92. The predicted molar refractivity (Wildman–Crippen MR) is 46.6 cm³/mol. The fraction of sp³-hybridized carbons (Fsp3) is 1.00. The fourth-order valence-electron chi connectivity index (χ4n) is 0.622. The first kappa shape index (κ1) is 11.7. The third kappa shape index (κ3) is 7.96. The third-order valence-corrected chi connectivity index (χ3v) is 1.49. The molecule has 0 aromatic carbocycles. The highest BCUT2D eigenvalue weighted by Gasteiger charge is 1.96. The largest absolute Gasteiger partial charge is 0.330 e. The van der Waals surface area contributed by atoms with Gasteiger partial charge in [-0.25, -0.2) is 0 Å². The van der Waals surface area contributed by atoms with E-state index in [-0.39, 0.29) is 1.43 Å². The summed E-state index contributed by atoms with van der Waals surface area (Å²) in [6.07, 6.45) is 2.46. The minimum atomic E-state index is 0. The first-order chi connectivity index (χ1) is 4.35. The molecule has 0 heterocycles. The summed E-state index contributed by atoms with van der Waals surface area (Å²) in [7, 11) is 0. The van der Waals surface area contributed by atoms with Crippen LogP contribution in [0, 0.1) is 5.92 Å². The van der Waals surface area contributed by atoms with Crippen molar-refractivity contribution in [3.63, 3.8) is 0 Å². The molecule has 1 nitrogen and oxygen atoms in total. The lowest BCUT2D eigenvalue weighted by Crippen LogP contribution is -2.11. The van der Waals surface area contributed by atoms with Gasteiger partial charge in [0.15, 0.2) is 0 Å². The van der Waals surface area contributed by atoms with Crippen molar-refractivity contribution >= 4 is 0 Å². The molecular weight excluding hydrogens is 110 g/mol. The SMILES string of the molecule is CC.CCC(CC)CN.[HH]. The van der Waals surface area contributed by atoms with Crippen LogP contribution < -0.4 is 5.73 Å². The van der Waals surface area contributed by atoms with E-state index in [4.69, 9.17) is 5.73 Å². The Bertz CT molecular complexity index is 30.7. The number of hydrogen-bond donors (Lipinski definition) is 1. The predicted octanol–water partition coefficient (Wildman–Crippen LogP) is 2.65. The molecule has 9 heavy (non-hydrogen) atoms. The van der Waals surface area contributed by atoms with Gasteiger partial charge in [-0.05, 0) is 12.5 Å².